The third kappa shape index (κ3) is 4.82. The van der Waals surface area contributed by atoms with Crippen LogP contribution in [-0.4, -0.2) is 63.3 Å². The molecule has 0 amide bonds. The van der Waals surface area contributed by atoms with Gasteiger partial charge in [-0.1, -0.05) is 11.3 Å². The number of aromatic nitrogens is 5. The fourth-order valence-electron chi connectivity index (χ4n) is 3.99. The molecule has 36 heavy (non-hydrogen) atoms. The number of aliphatic hydroxyl groups excluding tert-OH is 1. The lowest BCUT2D eigenvalue weighted by Gasteiger charge is -2.22. The Hall–Kier alpha value is -3.39. The van der Waals surface area contributed by atoms with E-state index in [1.165, 1.54) is 65.5 Å². The first-order valence-electron chi connectivity index (χ1n) is 11.1. The largest absolute Gasteiger partial charge is 0.496 e. The Morgan fingerprint density at radius 3 is 2.56 bits per heavy atom. The number of hydrogen-bond donors (Lipinski definition) is 1. The van der Waals surface area contributed by atoms with Gasteiger partial charge in [-0.25, -0.2) is 9.18 Å². The lowest BCUT2D eigenvalue weighted by atomic mass is 10.1. The van der Waals surface area contributed by atoms with Crippen LogP contribution >= 0.6 is 11.3 Å². The van der Waals surface area contributed by atoms with E-state index in [-0.39, 0.29) is 26.3 Å². The molecule has 0 aliphatic carbocycles. The Kier molecular flexibility index (Phi) is 7.94. The van der Waals surface area contributed by atoms with Crippen LogP contribution in [0.5, 0.6) is 5.75 Å². The zero-order chi connectivity index (χ0) is 25.8. The quantitative estimate of drug-likeness (QED) is 0.297. The summed E-state index contributed by atoms with van der Waals surface area (Å²) in [5.41, 5.74) is -0.154. The number of thiophene rings is 1. The van der Waals surface area contributed by atoms with Crippen molar-refractivity contribution in [2.75, 3.05) is 34.0 Å². The molecule has 3 aromatic heterocycles. The van der Waals surface area contributed by atoms with Gasteiger partial charge in [-0.15, -0.1) is 4.80 Å². The molecular weight excluding hydrogens is 493 g/mol. The molecule has 0 saturated carbocycles. The molecule has 1 N–H and O–H groups in total. The van der Waals surface area contributed by atoms with Crippen molar-refractivity contribution in [1.82, 2.24) is 24.1 Å². The van der Waals surface area contributed by atoms with E-state index in [2.05, 4.69) is 10.2 Å². The Balaban J connectivity index is 1.94. The summed E-state index contributed by atoms with van der Waals surface area (Å²) in [4.78, 5) is 28.6. The minimum atomic E-state index is -0.819. The topological polar surface area (TPSA) is 123 Å². The van der Waals surface area contributed by atoms with Crippen LogP contribution in [0.3, 0.4) is 0 Å². The van der Waals surface area contributed by atoms with Gasteiger partial charge in [0.1, 0.15) is 27.5 Å². The molecule has 4 rings (SSSR count). The third-order valence-electron chi connectivity index (χ3n) is 5.69. The van der Waals surface area contributed by atoms with Crippen molar-refractivity contribution < 1.29 is 23.7 Å². The zero-order valence-electron chi connectivity index (χ0n) is 20.0. The van der Waals surface area contributed by atoms with Crippen molar-refractivity contribution in [1.29, 1.82) is 0 Å². The highest BCUT2D eigenvalue weighted by Crippen LogP contribution is 2.33. The molecular formula is C23H26FN5O6S. The number of fused-ring (bicyclic) bond motifs is 1. The van der Waals surface area contributed by atoms with Crippen LogP contribution in [0.25, 0.3) is 15.2 Å². The number of nitrogens with zero attached hydrogens (tertiary/aromatic N) is 5. The predicted octanol–water partition coefficient (Wildman–Crippen LogP) is 1.66. The van der Waals surface area contributed by atoms with Crippen LogP contribution in [0.15, 0.2) is 40.2 Å². The minimum absolute atomic E-state index is 0.0590. The van der Waals surface area contributed by atoms with Gasteiger partial charge in [-0.3, -0.25) is 13.9 Å². The van der Waals surface area contributed by atoms with Crippen LogP contribution < -0.4 is 16.0 Å². The Bertz CT molecular complexity index is 1460. The summed E-state index contributed by atoms with van der Waals surface area (Å²) in [6.07, 6.45) is 2.20. The number of halogens is 1. The summed E-state index contributed by atoms with van der Waals surface area (Å²) in [7, 11) is 2.99. The van der Waals surface area contributed by atoms with Crippen LogP contribution in [0.1, 0.15) is 17.2 Å². The number of methoxy groups -OCH3 is 2. The summed E-state index contributed by atoms with van der Waals surface area (Å²) >= 11 is 1.18. The number of hydrogen-bond acceptors (Lipinski definition) is 9. The van der Waals surface area contributed by atoms with Crippen molar-refractivity contribution in [2.24, 2.45) is 0 Å². The molecule has 0 unspecified atom stereocenters. The van der Waals surface area contributed by atoms with Crippen molar-refractivity contribution in [3.8, 4) is 10.8 Å². The van der Waals surface area contributed by atoms with Gasteiger partial charge >= 0.3 is 5.69 Å². The molecule has 0 aliphatic rings. The molecule has 1 aromatic carbocycles. The van der Waals surface area contributed by atoms with Gasteiger partial charge in [-0.2, -0.15) is 10.2 Å². The lowest BCUT2D eigenvalue weighted by molar-refractivity contribution is 0.00640. The van der Waals surface area contributed by atoms with E-state index in [1.807, 2.05) is 0 Å². The average Bonchev–Trinajstić information content (AvgIpc) is 3.51. The maximum Gasteiger partial charge on any atom is 0.332 e. The van der Waals surface area contributed by atoms with Gasteiger partial charge in [0.15, 0.2) is 0 Å². The van der Waals surface area contributed by atoms with Crippen LogP contribution in [0, 0.1) is 12.7 Å². The molecule has 0 spiro atoms. The second-order valence-corrected chi connectivity index (χ2v) is 8.82. The Morgan fingerprint density at radius 2 is 1.89 bits per heavy atom. The third-order valence-corrected chi connectivity index (χ3v) is 6.97. The molecule has 192 valence electrons. The molecule has 13 heteroatoms. The van der Waals surface area contributed by atoms with Gasteiger partial charge in [-0.05, 0) is 25.1 Å². The van der Waals surface area contributed by atoms with E-state index in [9.17, 15) is 19.1 Å². The summed E-state index contributed by atoms with van der Waals surface area (Å²) in [6.45, 7) is 1.55. The van der Waals surface area contributed by atoms with Crippen molar-refractivity contribution >= 4 is 21.6 Å². The van der Waals surface area contributed by atoms with Gasteiger partial charge in [0, 0.05) is 18.2 Å². The lowest BCUT2D eigenvalue weighted by Crippen LogP contribution is -2.41. The van der Waals surface area contributed by atoms with Crippen molar-refractivity contribution in [3.05, 3.63) is 68.4 Å². The van der Waals surface area contributed by atoms with E-state index >= 15 is 0 Å². The number of aliphatic hydroxyl groups is 1. The molecule has 4 aromatic rings. The summed E-state index contributed by atoms with van der Waals surface area (Å²) in [5.74, 6) is -0.108. The van der Waals surface area contributed by atoms with Gasteiger partial charge in [0.2, 0.25) is 0 Å². The highest BCUT2D eigenvalue weighted by molar-refractivity contribution is 7.21. The van der Waals surface area contributed by atoms with Crippen LogP contribution in [-0.2, 0) is 22.6 Å². The molecule has 0 bridgehead atoms. The second-order valence-electron chi connectivity index (χ2n) is 7.84. The maximum atomic E-state index is 14.2. The standard InChI is InChI=1S/C23H26FN5O6S/c1-14-19-20(31)27(8-9-30)23(32)28(22(19)36-21(14)29-25-6-7-26-29)13-18(35-11-10-33-2)16-12-15(24)4-5-17(16)34-3/h4-7,12,18,30H,8-11,13H2,1-3H3/t18-/m0/s1. The van der Waals surface area contributed by atoms with E-state index < -0.39 is 29.8 Å². The van der Waals surface area contributed by atoms with E-state index in [1.54, 1.807) is 6.92 Å². The first-order valence-corrected chi connectivity index (χ1v) is 11.9. The van der Waals surface area contributed by atoms with Crippen LogP contribution in [0.4, 0.5) is 4.39 Å². The highest BCUT2D eigenvalue weighted by atomic mass is 32.1. The summed E-state index contributed by atoms with van der Waals surface area (Å²) < 4.78 is 33.2. The molecule has 0 aliphatic heterocycles. The molecule has 11 nitrogen and oxygen atoms in total. The average molecular weight is 520 g/mol. The number of ether oxygens (including phenoxy) is 3. The van der Waals surface area contributed by atoms with E-state index in [0.29, 0.717) is 32.1 Å². The summed E-state index contributed by atoms with van der Waals surface area (Å²) in [5, 5.41) is 18.7. The smallest absolute Gasteiger partial charge is 0.332 e. The molecule has 1 atom stereocenters. The monoisotopic (exact) mass is 519 g/mol. The van der Waals surface area contributed by atoms with Crippen molar-refractivity contribution in [2.45, 2.75) is 26.1 Å². The summed E-state index contributed by atoms with van der Waals surface area (Å²) in [6, 6.07) is 4.05. The Morgan fingerprint density at radius 1 is 1.14 bits per heavy atom. The van der Waals surface area contributed by atoms with Gasteiger partial charge < -0.3 is 19.3 Å². The number of aryl methyl sites for hydroxylation is 1. The maximum absolute atomic E-state index is 14.2. The van der Waals surface area contributed by atoms with Gasteiger partial charge in [0.05, 0.1) is 57.8 Å². The first kappa shape index (κ1) is 25.7. The second kappa shape index (κ2) is 11.1. The minimum Gasteiger partial charge on any atom is -0.496 e. The Labute approximate surface area is 208 Å². The molecule has 0 saturated heterocycles. The van der Waals surface area contributed by atoms with Gasteiger partial charge in [0.25, 0.3) is 5.56 Å². The molecule has 0 fully saturated rings. The molecule has 3 heterocycles. The zero-order valence-corrected chi connectivity index (χ0v) is 20.8. The highest BCUT2D eigenvalue weighted by Gasteiger charge is 2.25. The van der Waals surface area contributed by atoms with E-state index in [4.69, 9.17) is 14.2 Å². The van der Waals surface area contributed by atoms with Crippen LogP contribution in [0.2, 0.25) is 0 Å². The normalized spacial score (nSPS) is 12.4. The molecule has 0 radical (unpaired) electrons. The SMILES string of the molecule is COCCO[C@@H](Cn1c(=O)n(CCO)c(=O)c2c(C)c(-n3nccn3)sc21)c1cc(F)ccc1OC. The number of rotatable bonds is 11. The fourth-order valence-corrected chi connectivity index (χ4v) is 5.21. The first-order chi connectivity index (χ1) is 17.4. The number of benzene rings is 1. The van der Waals surface area contributed by atoms with E-state index in [0.717, 1.165) is 4.57 Å². The fraction of sp³-hybridized carbons (Fsp3) is 0.391. The van der Waals surface area contributed by atoms with Crippen molar-refractivity contribution in [3.63, 3.8) is 0 Å². The predicted molar refractivity (Wildman–Crippen MR) is 131 cm³/mol.